The molecule has 8 heteroatoms. The number of esters is 1. The molecule has 1 aromatic carbocycles. The van der Waals surface area contributed by atoms with Crippen LogP contribution >= 0.6 is 24.0 Å². The van der Waals surface area contributed by atoms with Crippen LogP contribution in [0.2, 0.25) is 0 Å². The first-order valence-corrected chi connectivity index (χ1v) is 8.19. The maximum absolute atomic E-state index is 11.7. The number of hydrogen-bond donors (Lipinski definition) is 2. The van der Waals surface area contributed by atoms with E-state index >= 15 is 0 Å². The minimum atomic E-state index is -0.427. The Kier molecular flexibility index (Phi) is 11.2. The fourth-order valence-electron chi connectivity index (χ4n) is 1.99. The number of hydrogen-bond acceptors (Lipinski definition) is 5. The van der Waals surface area contributed by atoms with Gasteiger partial charge < -0.3 is 24.8 Å². The Morgan fingerprint density at radius 2 is 1.88 bits per heavy atom. The number of rotatable bonds is 8. The summed E-state index contributed by atoms with van der Waals surface area (Å²) in [4.78, 5) is 16.3. The summed E-state index contributed by atoms with van der Waals surface area (Å²) in [5, 5.41) is 6.45. The quantitative estimate of drug-likeness (QED) is 0.258. The van der Waals surface area contributed by atoms with Crippen LogP contribution in [-0.4, -0.2) is 51.9 Å². The van der Waals surface area contributed by atoms with E-state index in [2.05, 4.69) is 15.6 Å². The van der Waals surface area contributed by atoms with Crippen molar-refractivity contribution in [3.63, 3.8) is 0 Å². The van der Waals surface area contributed by atoms with Gasteiger partial charge >= 0.3 is 5.97 Å². The molecule has 0 saturated heterocycles. The molecule has 0 spiro atoms. The predicted molar refractivity (Wildman–Crippen MR) is 114 cm³/mol. The van der Waals surface area contributed by atoms with Crippen molar-refractivity contribution in [1.82, 2.24) is 10.6 Å². The fraction of sp³-hybridized carbons (Fsp3) is 0.556. The number of methoxy groups -OCH3 is 3. The van der Waals surface area contributed by atoms with E-state index < -0.39 is 5.97 Å². The molecule has 0 unspecified atom stereocenters. The number of carbonyl (C=O) groups is 1. The Morgan fingerprint density at radius 3 is 2.42 bits per heavy atom. The molecule has 0 aliphatic rings. The van der Waals surface area contributed by atoms with Gasteiger partial charge in [-0.1, -0.05) is 6.07 Å². The molecule has 7 nitrogen and oxygen atoms in total. The summed E-state index contributed by atoms with van der Waals surface area (Å²) in [6.45, 7) is 7.83. The molecule has 26 heavy (non-hydrogen) atoms. The zero-order valence-corrected chi connectivity index (χ0v) is 18.7. The lowest BCUT2D eigenvalue weighted by Gasteiger charge is -2.24. The highest BCUT2D eigenvalue weighted by atomic mass is 127. The van der Waals surface area contributed by atoms with E-state index in [0.29, 0.717) is 30.4 Å². The van der Waals surface area contributed by atoms with Gasteiger partial charge in [0.2, 0.25) is 0 Å². The molecular weight excluding hydrogens is 449 g/mol. The highest BCUT2D eigenvalue weighted by Crippen LogP contribution is 2.21. The van der Waals surface area contributed by atoms with Crippen LogP contribution in [0.5, 0.6) is 5.75 Å². The second-order valence-corrected chi connectivity index (χ2v) is 6.04. The number of carbonyl (C=O) groups excluding carboxylic acids is 1. The number of aliphatic imine (C=N–C) groups is 1. The third kappa shape index (κ3) is 7.77. The Labute approximate surface area is 172 Å². The molecule has 0 heterocycles. The predicted octanol–water partition coefficient (Wildman–Crippen LogP) is 2.58. The zero-order chi connectivity index (χ0) is 18.9. The number of halogens is 1. The molecule has 0 bridgehead atoms. The first-order chi connectivity index (χ1) is 11.9. The third-order valence-corrected chi connectivity index (χ3v) is 3.67. The van der Waals surface area contributed by atoms with Gasteiger partial charge in [-0.25, -0.2) is 9.79 Å². The lowest BCUT2D eigenvalue weighted by molar-refractivity contribution is 0.0268. The van der Waals surface area contributed by atoms with Crippen molar-refractivity contribution in [2.24, 2.45) is 4.99 Å². The van der Waals surface area contributed by atoms with Crippen LogP contribution in [0, 0.1) is 0 Å². The first kappa shape index (κ1) is 24.5. The van der Waals surface area contributed by atoms with Gasteiger partial charge in [0, 0.05) is 20.2 Å². The molecule has 1 aromatic rings. The molecule has 0 saturated carbocycles. The topological polar surface area (TPSA) is 81.2 Å². The molecule has 0 amide bonds. The average molecular weight is 479 g/mol. The van der Waals surface area contributed by atoms with E-state index in [1.165, 1.54) is 14.2 Å². The van der Waals surface area contributed by atoms with Crippen LogP contribution in [0.3, 0.4) is 0 Å². The maximum Gasteiger partial charge on any atom is 0.341 e. The van der Waals surface area contributed by atoms with Gasteiger partial charge in [0.25, 0.3) is 0 Å². The molecule has 0 aromatic heterocycles. The van der Waals surface area contributed by atoms with Crippen LogP contribution in [0.25, 0.3) is 0 Å². The van der Waals surface area contributed by atoms with Gasteiger partial charge in [0.05, 0.1) is 26.4 Å². The van der Waals surface area contributed by atoms with E-state index in [-0.39, 0.29) is 29.6 Å². The summed E-state index contributed by atoms with van der Waals surface area (Å²) in [7, 11) is 4.55. The minimum Gasteiger partial charge on any atom is -0.496 e. The minimum absolute atomic E-state index is 0. The van der Waals surface area contributed by atoms with Crippen LogP contribution in [0.1, 0.15) is 36.7 Å². The average Bonchev–Trinajstić information content (AvgIpc) is 2.63. The molecule has 148 valence electrons. The fourth-order valence-corrected chi connectivity index (χ4v) is 1.99. The zero-order valence-electron chi connectivity index (χ0n) is 16.3. The van der Waals surface area contributed by atoms with Gasteiger partial charge in [-0.05, 0) is 38.5 Å². The van der Waals surface area contributed by atoms with E-state index in [0.717, 1.165) is 12.1 Å². The number of nitrogens with zero attached hydrogens (tertiary/aromatic N) is 1. The first-order valence-electron chi connectivity index (χ1n) is 8.19. The van der Waals surface area contributed by atoms with Crippen LogP contribution < -0.4 is 15.4 Å². The molecule has 0 fully saturated rings. The van der Waals surface area contributed by atoms with Gasteiger partial charge in [0.15, 0.2) is 5.96 Å². The van der Waals surface area contributed by atoms with Gasteiger partial charge in [-0.3, -0.25) is 0 Å². The Morgan fingerprint density at radius 1 is 1.19 bits per heavy atom. The summed E-state index contributed by atoms with van der Waals surface area (Å²) >= 11 is 0. The van der Waals surface area contributed by atoms with Crippen molar-refractivity contribution in [2.45, 2.75) is 32.9 Å². The van der Waals surface area contributed by atoms with E-state index in [4.69, 9.17) is 14.2 Å². The summed E-state index contributed by atoms with van der Waals surface area (Å²) in [5.41, 5.74) is 1.03. The van der Waals surface area contributed by atoms with E-state index in [1.807, 2.05) is 26.8 Å². The summed E-state index contributed by atoms with van der Waals surface area (Å²) in [5.74, 6) is 0.741. The Balaban J connectivity index is 0.00000625. The Hall–Kier alpha value is -1.55. The summed E-state index contributed by atoms with van der Waals surface area (Å²) in [6.07, 6.45) is 0. The number of ether oxygens (including phenoxy) is 3. The molecule has 0 aliphatic heterocycles. The molecule has 0 aliphatic carbocycles. The van der Waals surface area contributed by atoms with Gasteiger partial charge in [-0.2, -0.15) is 0 Å². The molecule has 0 radical (unpaired) electrons. The lowest BCUT2D eigenvalue weighted by atomic mass is 10.1. The van der Waals surface area contributed by atoms with Gasteiger partial charge in [-0.15, -0.1) is 24.0 Å². The Bertz CT molecular complexity index is 606. The summed E-state index contributed by atoms with van der Waals surface area (Å²) < 4.78 is 15.4. The lowest BCUT2D eigenvalue weighted by Crippen LogP contribution is -2.45. The smallest absolute Gasteiger partial charge is 0.341 e. The van der Waals surface area contributed by atoms with Crippen molar-refractivity contribution in [3.8, 4) is 5.75 Å². The highest BCUT2D eigenvalue weighted by molar-refractivity contribution is 14.0. The molecule has 0 atom stereocenters. The van der Waals surface area contributed by atoms with Crippen LogP contribution in [0.15, 0.2) is 23.2 Å². The largest absolute Gasteiger partial charge is 0.496 e. The van der Waals surface area contributed by atoms with Crippen LogP contribution in [-0.2, 0) is 16.0 Å². The van der Waals surface area contributed by atoms with E-state index in [9.17, 15) is 4.79 Å². The summed E-state index contributed by atoms with van der Waals surface area (Å²) in [6, 6.07) is 5.31. The number of guanidine groups is 1. The maximum atomic E-state index is 11.7. The van der Waals surface area contributed by atoms with Crippen molar-refractivity contribution in [2.75, 3.05) is 34.4 Å². The van der Waals surface area contributed by atoms with Crippen molar-refractivity contribution in [1.29, 1.82) is 0 Å². The SMILES string of the molecule is CCNC(=NCc1ccc(C(=O)OC)c(OC)c1)NCC(C)(C)OC.I. The van der Waals surface area contributed by atoms with Crippen molar-refractivity contribution >= 4 is 35.9 Å². The standard InChI is InChI=1S/C18H29N3O4.HI/c1-7-19-17(21-12-18(2,3)25-6)20-11-13-8-9-14(16(22)24-5)15(10-13)23-4;/h8-10H,7,11-12H2,1-6H3,(H2,19,20,21);1H. The number of benzene rings is 1. The normalized spacial score (nSPS) is 11.4. The molecular formula is C18H30IN3O4. The van der Waals surface area contributed by atoms with Crippen molar-refractivity contribution < 1.29 is 19.0 Å². The van der Waals surface area contributed by atoms with E-state index in [1.54, 1.807) is 19.2 Å². The highest BCUT2D eigenvalue weighted by Gasteiger charge is 2.16. The second kappa shape index (κ2) is 11.9. The van der Waals surface area contributed by atoms with Gasteiger partial charge in [0.1, 0.15) is 11.3 Å². The second-order valence-electron chi connectivity index (χ2n) is 6.04. The third-order valence-electron chi connectivity index (χ3n) is 3.67. The molecule has 2 N–H and O–H groups in total. The monoisotopic (exact) mass is 479 g/mol. The van der Waals surface area contributed by atoms with Crippen LogP contribution in [0.4, 0.5) is 0 Å². The molecule has 1 rings (SSSR count). The number of nitrogens with one attached hydrogen (secondary N) is 2. The van der Waals surface area contributed by atoms with Crippen molar-refractivity contribution in [3.05, 3.63) is 29.3 Å².